The van der Waals surface area contributed by atoms with Crippen molar-refractivity contribution in [1.82, 2.24) is 4.57 Å². The van der Waals surface area contributed by atoms with E-state index in [4.69, 9.17) is 5.14 Å². The number of hydrogen-bond acceptors (Lipinski definition) is 5. The van der Waals surface area contributed by atoms with Crippen molar-refractivity contribution in [3.8, 4) is 0 Å². The van der Waals surface area contributed by atoms with E-state index in [0.29, 0.717) is 23.7 Å². The van der Waals surface area contributed by atoms with Gasteiger partial charge in [0.15, 0.2) is 0 Å². The Kier molecular flexibility index (Phi) is 5.45. The van der Waals surface area contributed by atoms with E-state index in [0.717, 1.165) is 4.90 Å². The summed E-state index contributed by atoms with van der Waals surface area (Å²) in [6.07, 6.45) is -1.21. The van der Waals surface area contributed by atoms with Crippen LogP contribution in [-0.4, -0.2) is 44.2 Å². The number of benzene rings is 1. The number of anilines is 2. The van der Waals surface area contributed by atoms with Crippen LogP contribution in [0.25, 0.3) is 0 Å². The Hall–Kier alpha value is -2.11. The molecule has 11 heteroatoms. The lowest BCUT2D eigenvalue weighted by Crippen LogP contribution is -2.33. The average Bonchev–Trinajstić information content (AvgIpc) is 2.97. The van der Waals surface area contributed by atoms with E-state index in [9.17, 15) is 22.0 Å². The number of sulfonamides is 1. The Balaban J connectivity index is 1.84. The molecule has 3 N–H and O–H groups in total. The molecule has 0 fully saturated rings. The van der Waals surface area contributed by atoms with Gasteiger partial charge in [0.2, 0.25) is 10.0 Å². The first-order valence-electron chi connectivity index (χ1n) is 7.95. The lowest BCUT2D eigenvalue weighted by Gasteiger charge is -2.31. The Morgan fingerprint density at radius 3 is 2.74 bits per heavy atom. The van der Waals surface area contributed by atoms with Gasteiger partial charge in [-0.2, -0.15) is 0 Å². The number of hydrogen-bond donors (Lipinski definition) is 2. The summed E-state index contributed by atoms with van der Waals surface area (Å²) < 4.78 is 49.8. The number of primary sulfonamides is 1. The standard InChI is InChI=1S/C16H18F2N4O3S2/c1-21-8-11(27(19,24)25)7-13(21)16(23)20-10-2-3-14-12(6-10)22(4-5-26-14)9-15(17)18/h2-3,6-8,15H,4-5,9H2,1H3,(H,20,23)(H2,19,24,25). The van der Waals surface area contributed by atoms with Crippen LogP contribution in [0.3, 0.4) is 0 Å². The molecule has 1 aromatic heterocycles. The van der Waals surface area contributed by atoms with Crippen molar-refractivity contribution in [3.63, 3.8) is 0 Å². The highest BCUT2D eigenvalue weighted by atomic mass is 32.2. The Labute approximate surface area is 159 Å². The van der Waals surface area contributed by atoms with Crippen molar-refractivity contribution >= 4 is 39.1 Å². The SMILES string of the molecule is Cn1cc(S(N)(=O)=O)cc1C(=O)Nc1ccc2c(c1)N(CC(F)F)CCS2. The summed E-state index contributed by atoms with van der Waals surface area (Å²) in [7, 11) is -2.40. The summed E-state index contributed by atoms with van der Waals surface area (Å²) in [5, 5.41) is 7.75. The van der Waals surface area contributed by atoms with Gasteiger partial charge in [0.1, 0.15) is 10.6 Å². The van der Waals surface area contributed by atoms with Crippen LogP contribution in [0, 0.1) is 0 Å². The van der Waals surface area contributed by atoms with Crippen molar-refractivity contribution < 1.29 is 22.0 Å². The van der Waals surface area contributed by atoms with Crippen LogP contribution >= 0.6 is 11.8 Å². The molecule has 0 saturated heterocycles. The average molecular weight is 416 g/mol. The normalized spacial score (nSPS) is 14.3. The van der Waals surface area contributed by atoms with Gasteiger partial charge in [0, 0.05) is 36.1 Å². The van der Waals surface area contributed by atoms with E-state index >= 15 is 0 Å². The summed E-state index contributed by atoms with van der Waals surface area (Å²) in [4.78, 5) is 14.8. The fourth-order valence-corrected chi connectivity index (χ4v) is 4.43. The number of carbonyl (C=O) groups excluding carboxylic acids is 1. The number of carbonyl (C=O) groups is 1. The Bertz CT molecular complexity index is 976. The van der Waals surface area contributed by atoms with Gasteiger partial charge in [-0.05, 0) is 24.3 Å². The number of aromatic nitrogens is 1. The second kappa shape index (κ2) is 7.49. The molecule has 27 heavy (non-hydrogen) atoms. The zero-order chi connectivity index (χ0) is 19.8. The van der Waals surface area contributed by atoms with Crippen molar-refractivity contribution in [1.29, 1.82) is 0 Å². The third-order valence-electron chi connectivity index (χ3n) is 4.08. The Morgan fingerprint density at radius 2 is 2.11 bits per heavy atom. The molecule has 2 aromatic rings. The number of nitrogens with one attached hydrogen (secondary N) is 1. The molecule has 0 aliphatic carbocycles. The second-order valence-electron chi connectivity index (χ2n) is 6.04. The smallest absolute Gasteiger partial charge is 0.272 e. The maximum Gasteiger partial charge on any atom is 0.272 e. The zero-order valence-corrected chi connectivity index (χ0v) is 16.0. The number of fused-ring (bicyclic) bond motifs is 1. The van der Waals surface area contributed by atoms with E-state index < -0.39 is 22.4 Å². The topological polar surface area (TPSA) is 97.4 Å². The molecule has 0 saturated carbocycles. The molecule has 1 amide bonds. The van der Waals surface area contributed by atoms with Gasteiger partial charge in [-0.3, -0.25) is 4.79 Å². The minimum absolute atomic E-state index is 0.107. The van der Waals surface area contributed by atoms with Crippen molar-refractivity contribution in [2.45, 2.75) is 16.2 Å². The number of nitrogens with zero attached hydrogens (tertiary/aromatic N) is 2. The second-order valence-corrected chi connectivity index (χ2v) is 8.74. The fourth-order valence-electron chi connectivity index (χ4n) is 2.82. The lowest BCUT2D eigenvalue weighted by molar-refractivity contribution is 0.101. The van der Waals surface area contributed by atoms with Crippen LogP contribution < -0.4 is 15.4 Å². The highest BCUT2D eigenvalue weighted by Gasteiger charge is 2.22. The fraction of sp³-hybridized carbons (Fsp3) is 0.312. The Morgan fingerprint density at radius 1 is 1.37 bits per heavy atom. The van der Waals surface area contributed by atoms with E-state index in [2.05, 4.69) is 5.32 Å². The molecule has 1 aliphatic heterocycles. The minimum atomic E-state index is -3.92. The van der Waals surface area contributed by atoms with Gasteiger partial charge in [0.05, 0.1) is 12.2 Å². The third-order valence-corrected chi connectivity index (χ3v) is 6.00. The van der Waals surface area contributed by atoms with Crippen LogP contribution in [0.15, 0.2) is 40.3 Å². The van der Waals surface area contributed by atoms with Gasteiger partial charge < -0.3 is 14.8 Å². The molecule has 146 valence electrons. The summed E-state index contributed by atoms with van der Waals surface area (Å²) in [5.74, 6) is 0.182. The molecule has 7 nitrogen and oxygen atoms in total. The van der Waals surface area contributed by atoms with Gasteiger partial charge in [0.25, 0.3) is 12.3 Å². The maximum absolute atomic E-state index is 12.8. The van der Waals surface area contributed by atoms with E-state index in [1.807, 2.05) is 0 Å². The molecular weight excluding hydrogens is 398 g/mol. The highest BCUT2D eigenvalue weighted by Crippen LogP contribution is 2.37. The van der Waals surface area contributed by atoms with Crippen LogP contribution in [0.1, 0.15) is 10.5 Å². The first kappa shape index (κ1) is 19.6. The monoisotopic (exact) mass is 416 g/mol. The molecule has 0 unspecified atom stereocenters. The van der Waals surface area contributed by atoms with Crippen LogP contribution in [-0.2, 0) is 17.1 Å². The summed E-state index contributed by atoms with van der Waals surface area (Å²) in [5.41, 5.74) is 1.18. The number of alkyl halides is 2. The molecule has 0 spiro atoms. The highest BCUT2D eigenvalue weighted by molar-refractivity contribution is 7.99. The van der Waals surface area contributed by atoms with Gasteiger partial charge in [-0.15, -0.1) is 11.8 Å². The quantitative estimate of drug-likeness (QED) is 0.778. The molecular formula is C16H18F2N4O3S2. The molecule has 0 atom stereocenters. The van der Waals surface area contributed by atoms with Crippen LogP contribution in [0.2, 0.25) is 0 Å². The summed E-state index contributed by atoms with van der Waals surface area (Å²) in [6.45, 7) is 0.120. The number of rotatable bonds is 5. The largest absolute Gasteiger partial charge is 0.364 e. The van der Waals surface area contributed by atoms with E-state index in [-0.39, 0.29) is 17.1 Å². The van der Waals surface area contributed by atoms with Gasteiger partial charge in [-0.1, -0.05) is 0 Å². The molecule has 3 rings (SSSR count). The van der Waals surface area contributed by atoms with Crippen molar-refractivity contribution in [2.75, 3.05) is 29.1 Å². The first-order chi connectivity index (χ1) is 12.6. The number of nitrogens with two attached hydrogens (primary N) is 1. The predicted octanol–water partition coefficient (Wildman–Crippen LogP) is 2.10. The summed E-state index contributed by atoms with van der Waals surface area (Å²) in [6, 6.07) is 6.28. The number of aryl methyl sites for hydroxylation is 1. The van der Waals surface area contributed by atoms with Crippen LogP contribution in [0.4, 0.5) is 20.2 Å². The van der Waals surface area contributed by atoms with Crippen molar-refractivity contribution in [2.24, 2.45) is 12.2 Å². The number of thioether (sulfide) groups is 1. The number of amides is 1. The summed E-state index contributed by atoms with van der Waals surface area (Å²) >= 11 is 1.57. The molecule has 1 aliphatic rings. The first-order valence-corrected chi connectivity index (χ1v) is 10.5. The van der Waals surface area contributed by atoms with Crippen LogP contribution in [0.5, 0.6) is 0 Å². The molecule has 2 heterocycles. The minimum Gasteiger partial charge on any atom is -0.364 e. The molecule has 0 radical (unpaired) electrons. The zero-order valence-electron chi connectivity index (χ0n) is 14.4. The van der Waals surface area contributed by atoms with E-state index in [1.54, 1.807) is 34.9 Å². The molecule has 0 bridgehead atoms. The lowest BCUT2D eigenvalue weighted by atomic mass is 10.2. The maximum atomic E-state index is 12.8. The number of halogens is 2. The van der Waals surface area contributed by atoms with E-state index in [1.165, 1.54) is 23.9 Å². The van der Waals surface area contributed by atoms with Crippen molar-refractivity contribution in [3.05, 3.63) is 36.2 Å². The third kappa shape index (κ3) is 4.42. The van der Waals surface area contributed by atoms with Gasteiger partial charge in [-0.25, -0.2) is 22.3 Å². The van der Waals surface area contributed by atoms with Gasteiger partial charge >= 0.3 is 0 Å². The predicted molar refractivity (Wildman–Crippen MR) is 100 cm³/mol. The molecule has 1 aromatic carbocycles.